The minimum absolute atomic E-state index is 0.115. The molecule has 0 bridgehead atoms. The average molecular weight is 287 g/mol. The van der Waals surface area contributed by atoms with Gasteiger partial charge in [0.15, 0.2) is 0 Å². The van der Waals surface area contributed by atoms with E-state index in [2.05, 4.69) is 11.9 Å². The zero-order valence-corrected chi connectivity index (χ0v) is 13.1. The molecule has 1 fully saturated rings. The lowest BCUT2D eigenvalue weighted by Crippen LogP contribution is -2.41. The molecule has 1 saturated heterocycles. The highest BCUT2D eigenvalue weighted by molar-refractivity contribution is 6.62. The van der Waals surface area contributed by atoms with Crippen molar-refractivity contribution in [3.8, 4) is 0 Å². The van der Waals surface area contributed by atoms with Crippen molar-refractivity contribution < 1.29 is 14.1 Å². The lowest BCUT2D eigenvalue weighted by Gasteiger charge is -2.32. The normalized spacial score (nSPS) is 19.3. The van der Waals surface area contributed by atoms with Crippen LogP contribution in [0, 0.1) is 0 Å². The summed E-state index contributed by atoms with van der Waals surface area (Å²) in [6, 6.07) is 7.29. The Hall–Kier alpha value is -1.59. The highest BCUT2D eigenvalue weighted by Crippen LogP contribution is 2.36. The van der Waals surface area contributed by atoms with E-state index in [0.29, 0.717) is 12.1 Å². The molecule has 0 radical (unpaired) electrons. The van der Waals surface area contributed by atoms with Gasteiger partial charge in [-0.05, 0) is 45.3 Å². The maximum Gasteiger partial charge on any atom is 0.494 e. The number of carbonyl (C=O) groups is 1. The molecular weight excluding hydrogens is 265 g/mol. The second-order valence-corrected chi connectivity index (χ2v) is 6.21. The third kappa shape index (κ3) is 3.19. The van der Waals surface area contributed by atoms with Crippen LogP contribution in [-0.4, -0.2) is 30.8 Å². The molecule has 0 unspecified atom stereocenters. The van der Waals surface area contributed by atoms with Gasteiger partial charge >= 0.3 is 7.12 Å². The molecule has 0 spiro atoms. The molecule has 0 atom stereocenters. The number of hydrogen-bond donors (Lipinski definition) is 1. The van der Waals surface area contributed by atoms with Crippen LogP contribution < -0.4 is 10.8 Å². The Balaban J connectivity index is 2.10. The summed E-state index contributed by atoms with van der Waals surface area (Å²) in [6.45, 7) is 12.1. The lowest BCUT2D eigenvalue weighted by atomic mass is 9.79. The van der Waals surface area contributed by atoms with Crippen molar-refractivity contribution in [1.29, 1.82) is 0 Å². The number of carbonyl (C=O) groups excluding carboxylic acids is 1. The van der Waals surface area contributed by atoms with Crippen LogP contribution in [0.1, 0.15) is 38.1 Å². The quantitative estimate of drug-likeness (QED) is 0.679. The molecule has 1 aliphatic heterocycles. The van der Waals surface area contributed by atoms with Crippen LogP contribution >= 0.6 is 0 Å². The zero-order valence-electron chi connectivity index (χ0n) is 13.1. The summed E-state index contributed by atoms with van der Waals surface area (Å²) >= 11 is 0. The van der Waals surface area contributed by atoms with Gasteiger partial charge in [-0.2, -0.15) is 0 Å². The van der Waals surface area contributed by atoms with Crippen LogP contribution in [0.5, 0.6) is 0 Å². The van der Waals surface area contributed by atoms with Gasteiger partial charge in [0.2, 0.25) is 0 Å². The van der Waals surface area contributed by atoms with E-state index in [1.54, 1.807) is 18.2 Å². The molecule has 1 aliphatic rings. The predicted octanol–water partition coefficient (Wildman–Crippen LogP) is 1.90. The van der Waals surface area contributed by atoms with Crippen LogP contribution in [0.25, 0.3) is 0 Å². The molecule has 1 heterocycles. The molecule has 1 aromatic carbocycles. The van der Waals surface area contributed by atoms with E-state index in [9.17, 15) is 4.79 Å². The van der Waals surface area contributed by atoms with Gasteiger partial charge in [0.05, 0.1) is 11.2 Å². The standard InChI is InChI=1S/C16H22BNO3/c1-6-11-18-14(19)12-7-9-13(10-8-12)17-20-15(2,3)16(4,5)21-17/h6-10H,1,11H2,2-5H3,(H,18,19). The monoisotopic (exact) mass is 287 g/mol. The lowest BCUT2D eigenvalue weighted by molar-refractivity contribution is 0.00578. The van der Waals surface area contributed by atoms with Crippen molar-refractivity contribution in [1.82, 2.24) is 5.32 Å². The second kappa shape index (κ2) is 5.66. The van der Waals surface area contributed by atoms with Gasteiger partial charge in [0.25, 0.3) is 5.91 Å². The molecule has 0 aliphatic carbocycles. The zero-order chi connectivity index (χ0) is 15.7. The number of nitrogens with one attached hydrogen (secondary N) is 1. The fraction of sp³-hybridized carbons (Fsp3) is 0.438. The van der Waals surface area contributed by atoms with Crippen molar-refractivity contribution in [3.05, 3.63) is 42.5 Å². The molecule has 5 heteroatoms. The number of benzene rings is 1. The third-order valence-electron chi connectivity index (χ3n) is 4.11. The van der Waals surface area contributed by atoms with E-state index in [-0.39, 0.29) is 17.1 Å². The first kappa shape index (κ1) is 15.8. The fourth-order valence-corrected chi connectivity index (χ4v) is 2.04. The number of amides is 1. The summed E-state index contributed by atoms with van der Waals surface area (Å²) in [7, 11) is -0.403. The van der Waals surface area contributed by atoms with E-state index < -0.39 is 7.12 Å². The second-order valence-electron chi connectivity index (χ2n) is 6.21. The van der Waals surface area contributed by atoms with Crippen LogP contribution in [0.4, 0.5) is 0 Å². The highest BCUT2D eigenvalue weighted by atomic mass is 16.7. The molecule has 2 rings (SSSR count). The number of rotatable bonds is 4. The van der Waals surface area contributed by atoms with Crippen molar-refractivity contribution in [2.45, 2.75) is 38.9 Å². The van der Waals surface area contributed by atoms with E-state index >= 15 is 0 Å². The molecule has 21 heavy (non-hydrogen) atoms. The summed E-state index contributed by atoms with van der Waals surface area (Å²) in [4.78, 5) is 11.8. The maximum atomic E-state index is 11.8. The van der Waals surface area contributed by atoms with E-state index in [1.165, 1.54) is 0 Å². The number of hydrogen-bond acceptors (Lipinski definition) is 3. The van der Waals surface area contributed by atoms with Gasteiger partial charge in [-0.25, -0.2) is 0 Å². The summed E-state index contributed by atoms with van der Waals surface area (Å²) in [5.74, 6) is -0.115. The predicted molar refractivity (Wildman–Crippen MR) is 84.7 cm³/mol. The largest absolute Gasteiger partial charge is 0.494 e. The summed E-state index contributed by atoms with van der Waals surface area (Å²) in [5.41, 5.74) is 0.793. The summed E-state index contributed by atoms with van der Waals surface area (Å²) < 4.78 is 12.0. The Bertz CT molecular complexity index is 521. The molecule has 0 aromatic heterocycles. The highest BCUT2D eigenvalue weighted by Gasteiger charge is 2.51. The Morgan fingerprint density at radius 3 is 2.19 bits per heavy atom. The molecule has 4 nitrogen and oxygen atoms in total. The van der Waals surface area contributed by atoms with E-state index in [0.717, 1.165) is 5.46 Å². The Morgan fingerprint density at radius 2 is 1.71 bits per heavy atom. The van der Waals surface area contributed by atoms with Crippen LogP contribution in [-0.2, 0) is 9.31 Å². The van der Waals surface area contributed by atoms with E-state index in [4.69, 9.17) is 9.31 Å². The van der Waals surface area contributed by atoms with Crippen molar-refractivity contribution in [2.75, 3.05) is 6.54 Å². The Labute approximate surface area is 126 Å². The first-order valence-electron chi connectivity index (χ1n) is 7.11. The SMILES string of the molecule is C=CCNC(=O)c1ccc(B2OC(C)(C)C(C)(C)O2)cc1. The third-order valence-corrected chi connectivity index (χ3v) is 4.11. The summed E-state index contributed by atoms with van der Waals surface area (Å²) in [5, 5.41) is 2.74. The van der Waals surface area contributed by atoms with Gasteiger partial charge in [0, 0.05) is 12.1 Å². The van der Waals surface area contributed by atoms with Gasteiger partial charge in [0.1, 0.15) is 0 Å². The first-order valence-corrected chi connectivity index (χ1v) is 7.11. The smallest absolute Gasteiger partial charge is 0.399 e. The van der Waals surface area contributed by atoms with Crippen LogP contribution in [0.3, 0.4) is 0 Å². The van der Waals surface area contributed by atoms with Crippen molar-refractivity contribution in [3.63, 3.8) is 0 Å². The minimum Gasteiger partial charge on any atom is -0.399 e. The van der Waals surface area contributed by atoms with Crippen LogP contribution in [0.15, 0.2) is 36.9 Å². The summed E-state index contributed by atoms with van der Waals surface area (Å²) in [6.07, 6.45) is 1.65. The van der Waals surface area contributed by atoms with E-state index in [1.807, 2.05) is 39.8 Å². The topological polar surface area (TPSA) is 47.6 Å². The fourth-order valence-electron chi connectivity index (χ4n) is 2.04. The Kier molecular flexibility index (Phi) is 4.26. The molecule has 0 saturated carbocycles. The molecule has 1 amide bonds. The molecule has 1 N–H and O–H groups in total. The van der Waals surface area contributed by atoms with Gasteiger partial charge in [-0.3, -0.25) is 4.79 Å². The van der Waals surface area contributed by atoms with Gasteiger partial charge in [-0.1, -0.05) is 18.2 Å². The van der Waals surface area contributed by atoms with Gasteiger partial charge in [-0.15, -0.1) is 6.58 Å². The molecule has 112 valence electrons. The van der Waals surface area contributed by atoms with Crippen molar-refractivity contribution in [2.24, 2.45) is 0 Å². The first-order chi connectivity index (χ1) is 9.77. The minimum atomic E-state index is -0.403. The van der Waals surface area contributed by atoms with Gasteiger partial charge < -0.3 is 14.6 Å². The van der Waals surface area contributed by atoms with Crippen molar-refractivity contribution >= 4 is 18.5 Å². The maximum absolute atomic E-state index is 11.8. The Morgan fingerprint density at radius 1 is 1.19 bits per heavy atom. The average Bonchev–Trinajstić information content (AvgIpc) is 2.65. The molecular formula is C16H22BNO3. The molecule has 1 aromatic rings. The van der Waals surface area contributed by atoms with Crippen LogP contribution in [0.2, 0.25) is 0 Å².